The van der Waals surface area contributed by atoms with Crippen LogP contribution in [-0.4, -0.2) is 39.0 Å². The lowest BCUT2D eigenvalue weighted by Crippen LogP contribution is -2.28. The highest BCUT2D eigenvalue weighted by molar-refractivity contribution is 7.99. The van der Waals surface area contributed by atoms with Gasteiger partial charge in [-0.1, -0.05) is 42.1 Å². The van der Waals surface area contributed by atoms with Crippen molar-refractivity contribution in [2.75, 3.05) is 12.4 Å². The summed E-state index contributed by atoms with van der Waals surface area (Å²) in [5.41, 5.74) is 1.01. The molecule has 2 aromatic carbocycles. The fraction of sp³-hybridized carbons (Fsp3) is 0.130. The van der Waals surface area contributed by atoms with Crippen molar-refractivity contribution in [2.45, 2.75) is 11.7 Å². The van der Waals surface area contributed by atoms with Crippen LogP contribution in [-0.2, 0) is 20.9 Å². The number of esters is 1. The number of aromatic nitrogens is 3. The number of rotatable bonds is 9. The zero-order chi connectivity index (χ0) is 23.0. The lowest BCUT2D eigenvalue weighted by Gasteiger charge is -2.10. The first-order valence-electron chi connectivity index (χ1n) is 9.95. The zero-order valence-corrected chi connectivity index (χ0v) is 18.1. The number of nitrogens with one attached hydrogen (secondary N) is 1. The Hall–Kier alpha value is -3.92. The SMILES string of the molecule is O=C(COC(=O)CSc1nnc(-c2ccccc2F)n1-c1ccccc1)NCc1ccco1. The van der Waals surface area contributed by atoms with Gasteiger partial charge in [-0.25, -0.2) is 4.39 Å². The average molecular weight is 466 g/mol. The van der Waals surface area contributed by atoms with Crippen molar-refractivity contribution >= 4 is 23.6 Å². The van der Waals surface area contributed by atoms with E-state index in [0.29, 0.717) is 22.4 Å². The Morgan fingerprint density at radius 1 is 1.03 bits per heavy atom. The lowest BCUT2D eigenvalue weighted by atomic mass is 10.2. The van der Waals surface area contributed by atoms with E-state index in [1.54, 1.807) is 34.9 Å². The summed E-state index contributed by atoms with van der Waals surface area (Å²) in [7, 11) is 0. The van der Waals surface area contributed by atoms with Gasteiger partial charge in [0.25, 0.3) is 5.91 Å². The van der Waals surface area contributed by atoms with Crippen LogP contribution in [0.1, 0.15) is 5.76 Å². The fourth-order valence-corrected chi connectivity index (χ4v) is 3.70. The predicted octanol–water partition coefficient (Wildman–Crippen LogP) is 3.62. The molecule has 1 N–H and O–H groups in total. The number of thioether (sulfide) groups is 1. The second-order valence-electron chi connectivity index (χ2n) is 6.76. The molecule has 10 heteroatoms. The van der Waals surface area contributed by atoms with E-state index < -0.39 is 24.3 Å². The van der Waals surface area contributed by atoms with E-state index in [4.69, 9.17) is 9.15 Å². The highest BCUT2D eigenvalue weighted by Gasteiger charge is 2.20. The van der Waals surface area contributed by atoms with Crippen LogP contribution in [0.15, 0.2) is 82.6 Å². The lowest BCUT2D eigenvalue weighted by molar-refractivity contribution is -0.146. The van der Waals surface area contributed by atoms with Crippen LogP contribution in [0.25, 0.3) is 17.1 Å². The molecule has 0 unspecified atom stereocenters. The van der Waals surface area contributed by atoms with E-state index in [9.17, 15) is 14.0 Å². The molecule has 1 amide bonds. The van der Waals surface area contributed by atoms with Crippen LogP contribution in [0.3, 0.4) is 0 Å². The molecule has 33 heavy (non-hydrogen) atoms. The number of hydrogen-bond donors (Lipinski definition) is 1. The highest BCUT2D eigenvalue weighted by Crippen LogP contribution is 2.29. The van der Waals surface area contributed by atoms with Gasteiger partial charge in [-0.05, 0) is 36.4 Å². The number of ether oxygens (including phenoxy) is 1. The summed E-state index contributed by atoms with van der Waals surface area (Å²) in [6.07, 6.45) is 1.50. The second kappa shape index (κ2) is 10.6. The minimum Gasteiger partial charge on any atom is -0.467 e. The van der Waals surface area contributed by atoms with Gasteiger partial charge < -0.3 is 14.5 Å². The van der Waals surface area contributed by atoms with Gasteiger partial charge >= 0.3 is 5.97 Å². The zero-order valence-electron chi connectivity index (χ0n) is 17.3. The third-order valence-electron chi connectivity index (χ3n) is 4.49. The summed E-state index contributed by atoms with van der Waals surface area (Å²) >= 11 is 1.08. The summed E-state index contributed by atoms with van der Waals surface area (Å²) in [4.78, 5) is 24.0. The van der Waals surface area contributed by atoms with Crippen molar-refractivity contribution < 1.29 is 23.1 Å². The van der Waals surface area contributed by atoms with Crippen LogP contribution in [0.2, 0.25) is 0 Å². The number of furan rings is 1. The largest absolute Gasteiger partial charge is 0.467 e. The number of benzene rings is 2. The maximum Gasteiger partial charge on any atom is 0.316 e. The fourth-order valence-electron chi connectivity index (χ4n) is 2.95. The molecular weight excluding hydrogens is 447 g/mol. The Bertz CT molecular complexity index is 1230. The monoisotopic (exact) mass is 466 g/mol. The predicted molar refractivity (Wildman–Crippen MR) is 119 cm³/mol. The van der Waals surface area contributed by atoms with E-state index in [1.165, 1.54) is 12.3 Å². The summed E-state index contributed by atoms with van der Waals surface area (Å²) < 4.78 is 26.2. The molecule has 0 aliphatic rings. The maximum absolute atomic E-state index is 14.4. The summed E-state index contributed by atoms with van der Waals surface area (Å²) in [5.74, 6) is -0.669. The Morgan fingerprint density at radius 2 is 1.82 bits per heavy atom. The standard InChI is InChI=1S/C23H19FN4O4S/c24-19-11-5-4-10-18(19)22-26-27-23(28(22)16-7-2-1-3-8-16)33-15-21(30)32-14-20(29)25-13-17-9-6-12-31-17/h1-12H,13-15H2,(H,25,29). The molecule has 0 fully saturated rings. The van der Waals surface area contributed by atoms with E-state index in [0.717, 1.165) is 11.8 Å². The number of amides is 1. The van der Waals surface area contributed by atoms with E-state index >= 15 is 0 Å². The van der Waals surface area contributed by atoms with Gasteiger partial charge in [0.05, 0.1) is 24.1 Å². The van der Waals surface area contributed by atoms with Gasteiger partial charge in [0, 0.05) is 5.69 Å². The van der Waals surface area contributed by atoms with Gasteiger partial charge in [-0.3, -0.25) is 14.2 Å². The third-order valence-corrected chi connectivity index (χ3v) is 5.39. The normalized spacial score (nSPS) is 10.7. The number of carbonyl (C=O) groups is 2. The van der Waals surface area contributed by atoms with Crippen molar-refractivity contribution in [1.82, 2.24) is 20.1 Å². The molecular formula is C23H19FN4O4S. The molecule has 4 aromatic rings. The van der Waals surface area contributed by atoms with Gasteiger partial charge in [-0.2, -0.15) is 0 Å². The molecule has 4 rings (SSSR count). The highest BCUT2D eigenvalue weighted by atomic mass is 32.2. The number of hydrogen-bond acceptors (Lipinski definition) is 7. The molecule has 0 aliphatic carbocycles. The molecule has 0 aliphatic heterocycles. The number of carbonyl (C=O) groups excluding carboxylic acids is 2. The average Bonchev–Trinajstić information content (AvgIpc) is 3.51. The van der Waals surface area contributed by atoms with E-state index in [2.05, 4.69) is 15.5 Å². The van der Waals surface area contributed by atoms with Crippen LogP contribution in [0, 0.1) is 5.82 Å². The molecule has 0 spiro atoms. The Morgan fingerprint density at radius 3 is 2.58 bits per heavy atom. The summed E-state index contributed by atoms with van der Waals surface area (Å²) in [6.45, 7) is -0.205. The van der Waals surface area contributed by atoms with Crippen LogP contribution < -0.4 is 5.32 Å². The number of nitrogens with zero attached hydrogens (tertiary/aromatic N) is 3. The topological polar surface area (TPSA) is 99.3 Å². The number of para-hydroxylation sites is 1. The quantitative estimate of drug-likeness (QED) is 0.297. The van der Waals surface area contributed by atoms with Crippen LogP contribution in [0.5, 0.6) is 0 Å². The van der Waals surface area contributed by atoms with E-state index in [1.807, 2.05) is 30.3 Å². The molecule has 0 saturated carbocycles. The minimum atomic E-state index is -0.594. The van der Waals surface area contributed by atoms with Crippen molar-refractivity contribution in [3.05, 3.63) is 84.6 Å². The Labute approximate surface area is 192 Å². The Balaban J connectivity index is 1.41. The van der Waals surface area contributed by atoms with Crippen LogP contribution in [0.4, 0.5) is 4.39 Å². The van der Waals surface area contributed by atoms with Crippen molar-refractivity contribution in [3.8, 4) is 17.1 Å². The van der Waals surface area contributed by atoms with E-state index in [-0.39, 0.29) is 17.9 Å². The number of halogens is 1. The molecule has 0 radical (unpaired) electrons. The molecule has 8 nitrogen and oxygen atoms in total. The third kappa shape index (κ3) is 5.66. The van der Waals surface area contributed by atoms with Crippen LogP contribution >= 0.6 is 11.8 Å². The smallest absolute Gasteiger partial charge is 0.316 e. The van der Waals surface area contributed by atoms with Gasteiger partial charge in [0.15, 0.2) is 17.6 Å². The van der Waals surface area contributed by atoms with Crippen molar-refractivity contribution in [2.24, 2.45) is 0 Å². The van der Waals surface area contributed by atoms with Crippen molar-refractivity contribution in [3.63, 3.8) is 0 Å². The molecule has 2 heterocycles. The Kier molecular flexibility index (Phi) is 7.16. The molecule has 0 saturated heterocycles. The second-order valence-corrected chi connectivity index (χ2v) is 7.70. The van der Waals surface area contributed by atoms with Gasteiger partial charge in [0.2, 0.25) is 0 Å². The first kappa shape index (κ1) is 22.3. The molecule has 2 aromatic heterocycles. The maximum atomic E-state index is 14.4. The van der Waals surface area contributed by atoms with Gasteiger partial charge in [0.1, 0.15) is 11.6 Å². The summed E-state index contributed by atoms with van der Waals surface area (Å²) in [5, 5.41) is 11.3. The molecule has 168 valence electrons. The van der Waals surface area contributed by atoms with Crippen molar-refractivity contribution in [1.29, 1.82) is 0 Å². The summed E-state index contributed by atoms with van der Waals surface area (Å²) in [6, 6.07) is 18.9. The molecule has 0 bridgehead atoms. The first-order chi connectivity index (χ1) is 16.1. The minimum absolute atomic E-state index is 0.103. The van der Waals surface area contributed by atoms with Gasteiger partial charge in [-0.15, -0.1) is 10.2 Å². The molecule has 0 atom stereocenters. The first-order valence-corrected chi connectivity index (χ1v) is 10.9.